The molecule has 8 heteroatoms. The first-order valence-corrected chi connectivity index (χ1v) is 11.8. The van der Waals surface area contributed by atoms with Crippen LogP contribution in [0.4, 0.5) is 4.79 Å². The Bertz CT molecular complexity index is 1010. The van der Waals surface area contributed by atoms with Gasteiger partial charge in [-0.05, 0) is 42.0 Å². The number of aliphatic carboxylic acids is 1. The van der Waals surface area contributed by atoms with Gasteiger partial charge in [-0.15, -0.1) is 0 Å². The highest BCUT2D eigenvalue weighted by Crippen LogP contribution is 2.44. The Morgan fingerprint density at radius 2 is 1.59 bits per heavy atom. The van der Waals surface area contributed by atoms with Crippen molar-refractivity contribution in [2.75, 3.05) is 6.61 Å². The maximum Gasteiger partial charge on any atom is 0.407 e. The summed E-state index contributed by atoms with van der Waals surface area (Å²) in [5.41, 5.74) is 6.83. The number of carbonyl (C=O) groups is 3. The van der Waals surface area contributed by atoms with Crippen molar-refractivity contribution in [3.8, 4) is 11.1 Å². The minimum absolute atomic E-state index is 0.0442. The molecule has 2 aromatic carbocycles. The van der Waals surface area contributed by atoms with E-state index in [4.69, 9.17) is 14.7 Å². The molecule has 1 unspecified atom stereocenters. The summed E-state index contributed by atoms with van der Waals surface area (Å²) >= 11 is 0. The number of hydroxylamine groups is 1. The van der Waals surface area contributed by atoms with Gasteiger partial charge in [0.05, 0.1) is 5.92 Å². The van der Waals surface area contributed by atoms with Crippen LogP contribution in [0.2, 0.25) is 0 Å². The maximum atomic E-state index is 12.8. The molecule has 2 amide bonds. The van der Waals surface area contributed by atoms with E-state index in [0.717, 1.165) is 41.5 Å². The minimum atomic E-state index is -1.17. The number of carboxylic acid groups (broad SMARTS) is 1. The molecule has 8 nitrogen and oxygen atoms in total. The van der Waals surface area contributed by atoms with Crippen LogP contribution >= 0.6 is 0 Å². The molecule has 3 N–H and O–H groups in total. The lowest BCUT2D eigenvalue weighted by atomic mass is 9.94. The zero-order valence-electron chi connectivity index (χ0n) is 19.2. The number of ether oxygens (including phenoxy) is 1. The number of amides is 2. The van der Waals surface area contributed by atoms with E-state index in [-0.39, 0.29) is 12.5 Å². The molecule has 2 aliphatic carbocycles. The first kappa shape index (κ1) is 23.8. The van der Waals surface area contributed by atoms with Crippen molar-refractivity contribution in [3.05, 3.63) is 59.7 Å². The Labute approximate surface area is 198 Å². The summed E-state index contributed by atoms with van der Waals surface area (Å²) < 4.78 is 5.65. The Morgan fingerprint density at radius 3 is 2.24 bits per heavy atom. The first-order chi connectivity index (χ1) is 16.5. The zero-order valence-corrected chi connectivity index (χ0v) is 19.2. The zero-order chi connectivity index (χ0) is 24.1. The molecule has 2 aliphatic rings. The molecule has 0 heterocycles. The van der Waals surface area contributed by atoms with Crippen LogP contribution in [0.5, 0.6) is 0 Å². The Morgan fingerprint density at radius 1 is 0.971 bits per heavy atom. The summed E-state index contributed by atoms with van der Waals surface area (Å²) in [6.07, 6.45) is 2.16. The largest absolute Gasteiger partial charge is 0.479 e. The Balaban J connectivity index is 1.38. The van der Waals surface area contributed by atoms with E-state index in [1.807, 2.05) is 24.3 Å². The van der Waals surface area contributed by atoms with Crippen LogP contribution in [0.1, 0.15) is 56.1 Å². The van der Waals surface area contributed by atoms with Crippen LogP contribution in [-0.4, -0.2) is 41.8 Å². The number of nitrogens with one attached hydrogen (secondary N) is 2. The van der Waals surface area contributed by atoms with Gasteiger partial charge in [0.15, 0.2) is 6.10 Å². The Hall–Kier alpha value is -3.39. The van der Waals surface area contributed by atoms with Gasteiger partial charge in [0, 0.05) is 12.0 Å². The molecule has 34 heavy (non-hydrogen) atoms. The van der Waals surface area contributed by atoms with Crippen molar-refractivity contribution in [2.24, 2.45) is 5.92 Å². The lowest BCUT2D eigenvalue weighted by molar-refractivity contribution is -0.160. The van der Waals surface area contributed by atoms with Gasteiger partial charge in [0.25, 0.3) is 0 Å². The quantitative estimate of drug-likeness (QED) is 0.420. The fraction of sp³-hybridized carbons (Fsp3) is 0.423. The van der Waals surface area contributed by atoms with Crippen LogP contribution in [0.3, 0.4) is 0 Å². The van der Waals surface area contributed by atoms with Crippen LogP contribution in [0.25, 0.3) is 11.1 Å². The number of fused-ring (bicyclic) bond motifs is 3. The predicted molar refractivity (Wildman–Crippen MR) is 125 cm³/mol. The van der Waals surface area contributed by atoms with E-state index in [9.17, 15) is 14.4 Å². The number of alkyl carbamates (subject to hydrolysis) is 1. The second kappa shape index (κ2) is 10.7. The SMILES string of the molecule is CC(ONC(=O)[C@H]1CCCCC[C@H]1NC(=O)OCC1c2ccccc2-c2ccccc21)C(=O)O. The monoisotopic (exact) mass is 466 g/mol. The van der Waals surface area contributed by atoms with Crippen LogP contribution in [-0.2, 0) is 19.2 Å². The summed E-state index contributed by atoms with van der Waals surface area (Å²) in [6, 6.07) is 15.8. The van der Waals surface area contributed by atoms with Gasteiger partial charge in [-0.25, -0.2) is 15.1 Å². The molecule has 2 aromatic rings. The van der Waals surface area contributed by atoms with E-state index in [0.29, 0.717) is 12.8 Å². The highest BCUT2D eigenvalue weighted by atomic mass is 16.7. The summed E-state index contributed by atoms with van der Waals surface area (Å²) in [5, 5.41) is 11.8. The van der Waals surface area contributed by atoms with Crippen molar-refractivity contribution in [2.45, 2.75) is 57.1 Å². The standard InChI is InChI=1S/C26H30N2O6/c1-16(25(30)31)34-28-24(29)21-13-3-2-4-14-23(21)27-26(32)33-15-22-19-11-7-5-9-17(19)18-10-6-8-12-20(18)22/h5-12,16,21-23H,2-4,13-15H2,1H3,(H,27,32)(H,28,29)(H,30,31)/t16?,21-,23+/m0/s1. The molecule has 180 valence electrons. The molecule has 0 aromatic heterocycles. The molecule has 0 spiro atoms. The third-order valence-electron chi connectivity index (χ3n) is 6.68. The first-order valence-electron chi connectivity index (χ1n) is 11.8. The number of hydrogen-bond acceptors (Lipinski definition) is 5. The molecule has 0 radical (unpaired) electrons. The third kappa shape index (κ3) is 5.22. The molecule has 1 saturated carbocycles. The van der Waals surface area contributed by atoms with Gasteiger partial charge in [-0.3, -0.25) is 9.63 Å². The normalized spacial score (nSPS) is 20.4. The molecule has 0 saturated heterocycles. The van der Waals surface area contributed by atoms with E-state index >= 15 is 0 Å². The van der Waals surface area contributed by atoms with Crippen molar-refractivity contribution < 1.29 is 29.1 Å². The van der Waals surface area contributed by atoms with Crippen molar-refractivity contribution in [3.63, 3.8) is 0 Å². The van der Waals surface area contributed by atoms with Gasteiger partial charge in [0.1, 0.15) is 6.61 Å². The highest BCUT2D eigenvalue weighted by molar-refractivity contribution is 5.81. The molecule has 4 rings (SSSR count). The molecule has 1 fully saturated rings. The lowest BCUT2D eigenvalue weighted by Crippen LogP contribution is -2.47. The van der Waals surface area contributed by atoms with Crippen LogP contribution in [0.15, 0.2) is 48.5 Å². The molecule has 3 atom stereocenters. The fourth-order valence-electron chi connectivity index (χ4n) is 4.86. The van der Waals surface area contributed by atoms with E-state index in [1.165, 1.54) is 6.92 Å². The van der Waals surface area contributed by atoms with E-state index < -0.39 is 36.0 Å². The average molecular weight is 467 g/mol. The van der Waals surface area contributed by atoms with Gasteiger partial charge in [-0.2, -0.15) is 0 Å². The smallest absolute Gasteiger partial charge is 0.407 e. The second-order valence-corrected chi connectivity index (χ2v) is 8.89. The summed E-state index contributed by atoms with van der Waals surface area (Å²) in [6.45, 7) is 1.53. The lowest BCUT2D eigenvalue weighted by Gasteiger charge is -2.25. The number of carboxylic acids is 1. The fourth-order valence-corrected chi connectivity index (χ4v) is 4.86. The summed E-state index contributed by atoms with van der Waals surface area (Å²) in [4.78, 5) is 41.3. The minimum Gasteiger partial charge on any atom is -0.479 e. The molecule has 0 bridgehead atoms. The number of hydrogen-bond donors (Lipinski definition) is 3. The third-order valence-corrected chi connectivity index (χ3v) is 6.68. The molecular formula is C26H30N2O6. The van der Waals surface area contributed by atoms with Gasteiger partial charge in [-0.1, -0.05) is 67.8 Å². The van der Waals surface area contributed by atoms with E-state index in [2.05, 4.69) is 35.1 Å². The molecule has 0 aliphatic heterocycles. The molecular weight excluding hydrogens is 436 g/mol. The van der Waals surface area contributed by atoms with Crippen LogP contribution in [0, 0.1) is 5.92 Å². The highest BCUT2D eigenvalue weighted by Gasteiger charge is 2.33. The van der Waals surface area contributed by atoms with Crippen LogP contribution < -0.4 is 10.8 Å². The maximum absolute atomic E-state index is 12.8. The van der Waals surface area contributed by atoms with Crippen molar-refractivity contribution >= 4 is 18.0 Å². The number of carbonyl (C=O) groups excluding carboxylic acids is 2. The van der Waals surface area contributed by atoms with Crippen molar-refractivity contribution in [1.29, 1.82) is 0 Å². The predicted octanol–water partition coefficient (Wildman–Crippen LogP) is 3.99. The number of rotatable bonds is 7. The summed E-state index contributed by atoms with van der Waals surface area (Å²) in [5.74, 6) is -2.17. The average Bonchev–Trinajstić information content (AvgIpc) is 2.97. The van der Waals surface area contributed by atoms with Gasteiger partial charge in [0.2, 0.25) is 5.91 Å². The van der Waals surface area contributed by atoms with Gasteiger partial charge < -0.3 is 15.2 Å². The van der Waals surface area contributed by atoms with Crippen molar-refractivity contribution in [1.82, 2.24) is 10.8 Å². The van der Waals surface area contributed by atoms with E-state index in [1.54, 1.807) is 0 Å². The number of benzene rings is 2. The van der Waals surface area contributed by atoms with Gasteiger partial charge >= 0.3 is 12.1 Å². The topological polar surface area (TPSA) is 114 Å². The summed E-state index contributed by atoms with van der Waals surface area (Å²) in [7, 11) is 0. The second-order valence-electron chi connectivity index (χ2n) is 8.89. The Kier molecular flexibility index (Phi) is 7.47.